The van der Waals surface area contributed by atoms with Crippen molar-refractivity contribution in [3.63, 3.8) is 0 Å². The lowest BCUT2D eigenvalue weighted by atomic mass is 9.96. The van der Waals surface area contributed by atoms with Gasteiger partial charge in [-0.05, 0) is 85.9 Å². The molecule has 1 heterocycles. The molecule has 2 aliphatic rings. The molecule has 1 aliphatic carbocycles. The van der Waals surface area contributed by atoms with Crippen molar-refractivity contribution >= 4 is 34.5 Å². The molecule has 0 fully saturated rings. The molecule has 0 radical (unpaired) electrons. The molecule has 0 spiro atoms. The van der Waals surface area contributed by atoms with E-state index in [1.54, 1.807) is 31.2 Å². The van der Waals surface area contributed by atoms with Crippen LogP contribution in [0.2, 0.25) is 0 Å². The van der Waals surface area contributed by atoms with Crippen LogP contribution in [0.15, 0.2) is 70.9 Å². The van der Waals surface area contributed by atoms with E-state index in [-0.39, 0.29) is 17.2 Å². The molecule has 0 saturated carbocycles. The molecule has 1 atom stereocenters. The number of carbonyl (C=O) groups is 2. The lowest BCUT2D eigenvalue weighted by molar-refractivity contribution is -0.991. The number of hydrazone groups is 1. The van der Waals surface area contributed by atoms with E-state index in [2.05, 4.69) is 5.10 Å². The summed E-state index contributed by atoms with van der Waals surface area (Å²) in [5.41, 5.74) is 6.23. The number of aromatic carboxylic acids is 1. The van der Waals surface area contributed by atoms with E-state index in [9.17, 15) is 20.0 Å². The molecular weight excluding hydrogens is 422 g/mol. The molecule has 4 rings (SSSR count). The van der Waals surface area contributed by atoms with Gasteiger partial charge in [0.2, 0.25) is 0 Å². The molecule has 8 heteroatoms. The van der Waals surface area contributed by atoms with Gasteiger partial charge in [0.15, 0.2) is 5.69 Å². The summed E-state index contributed by atoms with van der Waals surface area (Å²) in [6, 6.07) is 9.53. The van der Waals surface area contributed by atoms with Crippen LogP contribution in [0, 0.1) is 19.1 Å². The Balaban J connectivity index is 1.55. The quantitative estimate of drug-likeness (QED) is 0.481. The zero-order chi connectivity index (χ0) is 23.9. The van der Waals surface area contributed by atoms with Gasteiger partial charge in [0, 0.05) is 11.6 Å². The van der Waals surface area contributed by atoms with Crippen molar-refractivity contribution in [2.24, 2.45) is 5.10 Å². The number of carbonyl (C=O) groups excluding carboxylic acids is 1. The number of amides is 1. The van der Waals surface area contributed by atoms with Crippen molar-refractivity contribution in [3.05, 3.63) is 93.2 Å². The fourth-order valence-electron chi connectivity index (χ4n) is 3.88. The number of quaternary nitrogens is 1. The first-order chi connectivity index (χ1) is 15.7. The van der Waals surface area contributed by atoms with E-state index < -0.39 is 11.2 Å². The van der Waals surface area contributed by atoms with E-state index >= 15 is 0 Å². The normalized spacial score (nSPS) is 17.8. The lowest BCUT2D eigenvalue weighted by Gasteiger charge is -2.18. The summed E-state index contributed by atoms with van der Waals surface area (Å²) in [6.45, 7) is 5.58. The number of carboxylic acid groups (broad SMARTS) is 1. The molecular formula is C25H23N3O5. The van der Waals surface area contributed by atoms with Gasteiger partial charge < -0.3 is 10.3 Å². The number of rotatable bonds is 5. The summed E-state index contributed by atoms with van der Waals surface area (Å²) in [5, 5.41) is 35.1. The van der Waals surface area contributed by atoms with Gasteiger partial charge in [0.05, 0.1) is 22.5 Å². The summed E-state index contributed by atoms with van der Waals surface area (Å²) >= 11 is 0. The highest BCUT2D eigenvalue weighted by atomic mass is 16.8. The van der Waals surface area contributed by atoms with Crippen molar-refractivity contribution in [2.75, 3.05) is 5.01 Å². The molecule has 168 valence electrons. The molecule has 2 aromatic carbocycles. The largest absolute Gasteiger partial charge is 0.595 e. The Kier molecular flexibility index (Phi) is 5.82. The predicted molar refractivity (Wildman–Crippen MR) is 124 cm³/mol. The van der Waals surface area contributed by atoms with Crippen LogP contribution in [0.5, 0.6) is 0 Å². The number of allylic oxidation sites excluding steroid dienone is 5. The fourth-order valence-corrected chi connectivity index (χ4v) is 3.88. The van der Waals surface area contributed by atoms with Crippen LogP contribution in [-0.2, 0) is 4.79 Å². The van der Waals surface area contributed by atoms with E-state index in [1.165, 1.54) is 17.1 Å². The first-order valence-corrected chi connectivity index (χ1v) is 10.4. The monoisotopic (exact) mass is 445 g/mol. The number of nitrogens with one attached hydrogen (secondary N) is 1. The summed E-state index contributed by atoms with van der Waals surface area (Å²) in [4.78, 5) is 24.1. The molecule has 2 aromatic rings. The van der Waals surface area contributed by atoms with Crippen LogP contribution in [-0.4, -0.2) is 27.9 Å². The van der Waals surface area contributed by atoms with Crippen LogP contribution < -0.4 is 10.2 Å². The van der Waals surface area contributed by atoms with Gasteiger partial charge in [-0.3, -0.25) is 4.79 Å². The number of hydrogen-bond acceptors (Lipinski definition) is 5. The summed E-state index contributed by atoms with van der Waals surface area (Å²) in [7, 11) is 0. The molecule has 3 N–H and O–H groups in total. The van der Waals surface area contributed by atoms with Crippen molar-refractivity contribution in [1.82, 2.24) is 0 Å². The Labute approximate surface area is 190 Å². The number of nitrogens with zero attached hydrogens (tertiary/aromatic N) is 2. The van der Waals surface area contributed by atoms with Crippen LogP contribution in [0.25, 0.3) is 5.57 Å². The van der Waals surface area contributed by atoms with Crippen LogP contribution in [0.1, 0.15) is 40.4 Å². The highest BCUT2D eigenvalue weighted by Gasteiger charge is 2.29. The smallest absolute Gasteiger partial charge is 0.335 e. The minimum atomic E-state index is -1.04. The highest BCUT2D eigenvalue weighted by molar-refractivity contribution is 6.30. The maximum atomic E-state index is 13.0. The summed E-state index contributed by atoms with van der Waals surface area (Å²) in [6.07, 6.45) is 6.04. The van der Waals surface area contributed by atoms with Gasteiger partial charge in [-0.15, -0.1) is 0 Å². The average Bonchev–Trinajstić information content (AvgIpc) is 3.35. The van der Waals surface area contributed by atoms with Crippen molar-refractivity contribution in [3.8, 4) is 0 Å². The molecule has 8 nitrogen and oxygen atoms in total. The summed E-state index contributed by atoms with van der Waals surface area (Å²) in [5.74, 6) is -1.34. The third kappa shape index (κ3) is 4.27. The number of carboxylic acids is 1. The maximum Gasteiger partial charge on any atom is 0.335 e. The zero-order valence-electron chi connectivity index (χ0n) is 18.4. The van der Waals surface area contributed by atoms with Gasteiger partial charge in [0.1, 0.15) is 0 Å². The molecule has 33 heavy (non-hydrogen) atoms. The molecule has 0 bridgehead atoms. The topological polar surface area (TPSA) is 118 Å². The Morgan fingerprint density at radius 3 is 2.42 bits per heavy atom. The standard InChI is InChI=1S/C25H23N3O5/c1-14-10-22(23(28(32)33)11-15(14)2)19-5-4-17(12-19)13-21-16(3)26-27(24(21)29)20-8-6-18(7-9-20)25(30)31/h4-11,13,28,32H,12H2,1-3H3,(H,30,31)/b21-13+. The molecule has 0 aromatic heterocycles. The van der Waals surface area contributed by atoms with Gasteiger partial charge in [-0.2, -0.15) is 15.3 Å². The predicted octanol–water partition coefficient (Wildman–Crippen LogP) is 3.47. The number of hydrogen-bond donors (Lipinski definition) is 3. The SMILES string of the molecule is CC1=NN(c2ccc(C(=O)O)cc2)C(=O)/C1=C/C1=CC=C(c2cc(C)c(C)cc2[NH+]([O-])O)C1. The second kappa shape index (κ2) is 8.59. The number of benzene rings is 2. The Hall–Kier alpha value is -3.85. The Morgan fingerprint density at radius 2 is 1.79 bits per heavy atom. The van der Waals surface area contributed by atoms with Gasteiger partial charge >= 0.3 is 5.97 Å². The van der Waals surface area contributed by atoms with E-state index in [0.717, 1.165) is 22.3 Å². The third-order valence-electron chi connectivity index (χ3n) is 5.85. The van der Waals surface area contributed by atoms with Gasteiger partial charge in [-0.1, -0.05) is 12.2 Å². The van der Waals surface area contributed by atoms with Gasteiger partial charge in [0.25, 0.3) is 5.91 Å². The zero-order valence-corrected chi connectivity index (χ0v) is 18.4. The molecule has 1 amide bonds. The Morgan fingerprint density at radius 1 is 1.12 bits per heavy atom. The first kappa shape index (κ1) is 22.3. The molecule has 0 saturated heterocycles. The van der Waals surface area contributed by atoms with E-state index in [1.807, 2.05) is 32.1 Å². The first-order valence-electron chi connectivity index (χ1n) is 10.4. The fraction of sp³-hybridized carbons (Fsp3) is 0.160. The van der Waals surface area contributed by atoms with E-state index in [0.29, 0.717) is 29.0 Å². The second-order valence-electron chi connectivity index (χ2n) is 8.11. The molecule has 1 aliphatic heterocycles. The van der Waals surface area contributed by atoms with E-state index in [4.69, 9.17) is 5.11 Å². The van der Waals surface area contributed by atoms with Crippen molar-refractivity contribution in [1.29, 1.82) is 0 Å². The molecule has 1 unspecified atom stereocenters. The lowest BCUT2D eigenvalue weighted by Crippen LogP contribution is -2.99. The minimum Gasteiger partial charge on any atom is -0.595 e. The van der Waals surface area contributed by atoms with Crippen molar-refractivity contribution < 1.29 is 25.1 Å². The number of anilines is 1. The van der Waals surface area contributed by atoms with Crippen LogP contribution >= 0.6 is 0 Å². The maximum absolute atomic E-state index is 13.0. The van der Waals surface area contributed by atoms with Crippen LogP contribution in [0.3, 0.4) is 0 Å². The Bertz CT molecular complexity index is 1280. The van der Waals surface area contributed by atoms with Crippen LogP contribution in [0.4, 0.5) is 11.4 Å². The second-order valence-corrected chi connectivity index (χ2v) is 8.11. The average molecular weight is 445 g/mol. The highest BCUT2D eigenvalue weighted by Crippen LogP contribution is 2.35. The third-order valence-corrected chi connectivity index (χ3v) is 5.85. The number of aryl methyl sites for hydroxylation is 2. The minimum absolute atomic E-state index is 0.128. The van der Waals surface area contributed by atoms with Gasteiger partial charge in [-0.25, -0.2) is 10.0 Å². The summed E-state index contributed by atoms with van der Waals surface area (Å²) < 4.78 is 0. The van der Waals surface area contributed by atoms with Crippen molar-refractivity contribution in [2.45, 2.75) is 27.2 Å².